The van der Waals surface area contributed by atoms with E-state index in [9.17, 15) is 4.39 Å². The van der Waals surface area contributed by atoms with Crippen LogP contribution in [0, 0.1) is 5.82 Å². The predicted octanol–water partition coefficient (Wildman–Crippen LogP) is 0.932. The molecule has 0 aliphatic carbocycles. The highest BCUT2D eigenvalue weighted by atomic mass is 19.1. The van der Waals surface area contributed by atoms with E-state index in [0.717, 1.165) is 6.54 Å². The molecule has 0 radical (unpaired) electrons. The van der Waals surface area contributed by atoms with Gasteiger partial charge in [-0.15, -0.1) is 0 Å². The topological polar surface area (TPSA) is 63.0 Å². The van der Waals surface area contributed by atoms with Crippen molar-refractivity contribution in [2.24, 2.45) is 5.73 Å². The van der Waals surface area contributed by atoms with Gasteiger partial charge in [-0.05, 0) is 38.4 Å². The van der Waals surface area contributed by atoms with Gasteiger partial charge in [0.25, 0.3) is 0 Å². The first kappa shape index (κ1) is 13.6. The van der Waals surface area contributed by atoms with Gasteiger partial charge >= 0.3 is 0 Å². The van der Waals surface area contributed by atoms with Crippen LogP contribution in [0.5, 0.6) is 0 Å². The van der Waals surface area contributed by atoms with E-state index in [1.165, 1.54) is 12.3 Å². The first-order valence-electron chi connectivity index (χ1n) is 5.58. The molecule has 2 unspecified atom stereocenters. The summed E-state index contributed by atoms with van der Waals surface area (Å²) in [6, 6.07) is 3.00. The number of nitrogens with one attached hydrogen (secondary N) is 2. The Morgan fingerprint density at radius 1 is 1.53 bits per heavy atom. The lowest BCUT2D eigenvalue weighted by molar-refractivity contribution is 0.583. The zero-order valence-electron chi connectivity index (χ0n) is 10.2. The Morgan fingerprint density at radius 2 is 2.29 bits per heavy atom. The molecule has 0 spiro atoms. The minimum Gasteiger partial charge on any atom is -0.390 e. The van der Waals surface area contributed by atoms with E-state index in [4.69, 9.17) is 5.73 Å². The second kappa shape index (κ2) is 6.98. The van der Waals surface area contributed by atoms with Gasteiger partial charge in [-0.25, -0.2) is 4.39 Å². The van der Waals surface area contributed by atoms with Gasteiger partial charge in [0, 0.05) is 12.6 Å². The van der Waals surface area contributed by atoms with E-state index < -0.39 is 0 Å². The molecule has 0 saturated heterocycles. The normalized spacial score (nSPS) is 14.8. The minimum atomic E-state index is -0.356. The number of pyridine rings is 1. The Kier molecular flexibility index (Phi) is 5.59. The minimum absolute atomic E-state index is 0.326. The van der Waals surface area contributed by atoms with E-state index >= 15 is 0 Å². The smallest absolute Gasteiger partial charge is 0.141 e. The van der Waals surface area contributed by atoms with Crippen LogP contribution in [0.1, 0.15) is 18.7 Å². The SMILES string of the molecule is CNC(C)CN/C=C\C(N)c1ccc(F)cn1. The van der Waals surface area contributed by atoms with E-state index in [1.54, 1.807) is 18.3 Å². The summed E-state index contributed by atoms with van der Waals surface area (Å²) in [7, 11) is 1.91. The summed E-state index contributed by atoms with van der Waals surface area (Å²) in [6.45, 7) is 2.89. The molecule has 1 aromatic rings. The molecule has 0 aromatic carbocycles. The first-order chi connectivity index (χ1) is 8.13. The lowest BCUT2D eigenvalue weighted by atomic mass is 10.2. The molecule has 1 rings (SSSR count). The van der Waals surface area contributed by atoms with Crippen LogP contribution in [-0.4, -0.2) is 24.6 Å². The first-order valence-corrected chi connectivity index (χ1v) is 5.58. The average molecular weight is 238 g/mol. The third-order valence-corrected chi connectivity index (χ3v) is 2.43. The largest absolute Gasteiger partial charge is 0.390 e. The standard InChI is InChI=1S/C12H19FN4/c1-9(15-2)7-16-6-5-11(14)12-4-3-10(13)8-17-12/h3-6,8-9,11,15-16H,7,14H2,1-2H3/b6-5-. The maximum atomic E-state index is 12.6. The van der Waals surface area contributed by atoms with E-state index in [-0.39, 0.29) is 11.9 Å². The maximum absolute atomic E-state index is 12.6. The Morgan fingerprint density at radius 3 is 2.88 bits per heavy atom. The molecule has 4 nitrogen and oxygen atoms in total. The Labute approximate surface area is 101 Å². The highest BCUT2D eigenvalue weighted by molar-refractivity contribution is 5.14. The summed E-state index contributed by atoms with van der Waals surface area (Å²) in [5.74, 6) is -0.356. The van der Waals surface area contributed by atoms with Gasteiger partial charge < -0.3 is 16.4 Å². The van der Waals surface area contributed by atoms with E-state index in [2.05, 4.69) is 22.5 Å². The lowest BCUT2D eigenvalue weighted by Gasteiger charge is -2.10. The van der Waals surface area contributed by atoms with Crippen molar-refractivity contribution in [1.82, 2.24) is 15.6 Å². The van der Waals surface area contributed by atoms with Gasteiger partial charge in [0.15, 0.2) is 0 Å². The second-order valence-electron chi connectivity index (χ2n) is 3.88. The number of hydrogen-bond donors (Lipinski definition) is 3. The number of halogens is 1. The zero-order valence-corrected chi connectivity index (χ0v) is 10.2. The highest BCUT2D eigenvalue weighted by Crippen LogP contribution is 2.08. The predicted molar refractivity (Wildman–Crippen MR) is 66.8 cm³/mol. The fourth-order valence-corrected chi connectivity index (χ4v) is 1.20. The fraction of sp³-hybridized carbons (Fsp3) is 0.417. The number of likely N-dealkylation sites (N-methyl/N-ethyl adjacent to an activating group) is 1. The zero-order chi connectivity index (χ0) is 12.7. The monoisotopic (exact) mass is 238 g/mol. The van der Waals surface area contributed by atoms with Crippen LogP contribution in [0.15, 0.2) is 30.6 Å². The van der Waals surface area contributed by atoms with Gasteiger partial charge in [0.2, 0.25) is 0 Å². The van der Waals surface area contributed by atoms with Gasteiger partial charge in [0.05, 0.1) is 17.9 Å². The Bertz CT molecular complexity index is 350. The molecule has 4 N–H and O–H groups in total. The quantitative estimate of drug-likeness (QED) is 0.690. The summed E-state index contributed by atoms with van der Waals surface area (Å²) in [4.78, 5) is 3.92. The molecule has 0 aliphatic heterocycles. The molecular formula is C12H19FN4. The molecule has 0 amide bonds. The van der Waals surface area contributed by atoms with E-state index in [0.29, 0.717) is 11.7 Å². The van der Waals surface area contributed by atoms with Gasteiger partial charge in [-0.1, -0.05) is 0 Å². The maximum Gasteiger partial charge on any atom is 0.141 e. The van der Waals surface area contributed by atoms with Gasteiger partial charge in [0.1, 0.15) is 5.82 Å². The van der Waals surface area contributed by atoms with Crippen molar-refractivity contribution in [1.29, 1.82) is 0 Å². The fourth-order valence-electron chi connectivity index (χ4n) is 1.20. The molecule has 1 aromatic heterocycles. The molecule has 0 saturated carbocycles. The van der Waals surface area contributed by atoms with Crippen LogP contribution in [0.25, 0.3) is 0 Å². The number of rotatable bonds is 6. The van der Waals surface area contributed by atoms with Gasteiger partial charge in [-0.3, -0.25) is 4.98 Å². The second-order valence-corrected chi connectivity index (χ2v) is 3.88. The van der Waals surface area contributed by atoms with Crippen molar-refractivity contribution in [3.63, 3.8) is 0 Å². The van der Waals surface area contributed by atoms with Crippen LogP contribution in [0.2, 0.25) is 0 Å². The van der Waals surface area contributed by atoms with Crippen molar-refractivity contribution in [2.45, 2.75) is 19.0 Å². The number of nitrogens with two attached hydrogens (primary N) is 1. The lowest BCUT2D eigenvalue weighted by Crippen LogP contribution is -2.31. The number of aromatic nitrogens is 1. The van der Waals surface area contributed by atoms with Crippen LogP contribution in [0.3, 0.4) is 0 Å². The van der Waals surface area contributed by atoms with Crippen molar-refractivity contribution >= 4 is 0 Å². The third-order valence-electron chi connectivity index (χ3n) is 2.43. The summed E-state index contributed by atoms with van der Waals surface area (Å²) in [5.41, 5.74) is 6.51. The highest BCUT2D eigenvalue weighted by Gasteiger charge is 2.03. The molecule has 17 heavy (non-hydrogen) atoms. The van der Waals surface area contributed by atoms with Crippen molar-refractivity contribution in [3.8, 4) is 0 Å². The molecule has 0 fully saturated rings. The molecular weight excluding hydrogens is 219 g/mol. The summed E-state index contributed by atoms with van der Waals surface area (Å²) < 4.78 is 12.6. The van der Waals surface area contributed by atoms with Crippen LogP contribution in [-0.2, 0) is 0 Å². The van der Waals surface area contributed by atoms with Crippen LogP contribution in [0.4, 0.5) is 4.39 Å². The molecule has 1 heterocycles. The van der Waals surface area contributed by atoms with Crippen molar-refractivity contribution in [2.75, 3.05) is 13.6 Å². The Balaban J connectivity index is 2.40. The third kappa shape index (κ3) is 4.93. The Hall–Kier alpha value is -1.46. The number of nitrogens with zero attached hydrogens (tertiary/aromatic N) is 1. The van der Waals surface area contributed by atoms with Gasteiger partial charge in [-0.2, -0.15) is 0 Å². The average Bonchev–Trinajstić information content (AvgIpc) is 2.34. The summed E-state index contributed by atoms with van der Waals surface area (Å²) >= 11 is 0. The number of hydrogen-bond acceptors (Lipinski definition) is 4. The summed E-state index contributed by atoms with van der Waals surface area (Å²) in [6.07, 6.45) is 4.76. The molecule has 0 bridgehead atoms. The van der Waals surface area contributed by atoms with Crippen LogP contribution < -0.4 is 16.4 Å². The summed E-state index contributed by atoms with van der Waals surface area (Å²) in [5, 5.41) is 6.23. The molecule has 0 aliphatic rings. The van der Waals surface area contributed by atoms with Crippen molar-refractivity contribution < 1.29 is 4.39 Å². The molecule has 2 atom stereocenters. The molecule has 94 valence electrons. The van der Waals surface area contributed by atoms with E-state index in [1.807, 2.05) is 7.05 Å². The van der Waals surface area contributed by atoms with Crippen molar-refractivity contribution in [3.05, 3.63) is 42.1 Å². The molecule has 5 heteroatoms. The van der Waals surface area contributed by atoms with Crippen LogP contribution >= 0.6 is 0 Å².